The average molecular weight is 2330 g/mol. The molecule has 26 heteroatoms. The second kappa shape index (κ2) is 52.6. The van der Waals surface area contributed by atoms with Gasteiger partial charge in [-0.2, -0.15) is 0 Å². The number of nitrogens with one attached hydrogen (secondary N) is 1. The van der Waals surface area contributed by atoms with Gasteiger partial charge in [0.1, 0.15) is 87.1 Å². The number of carbonyl (C=O) groups is 3. The summed E-state index contributed by atoms with van der Waals surface area (Å²) in [5.41, 5.74) is 22.3. The Kier molecular flexibility index (Phi) is 42.5. The molecule has 1 aliphatic rings. The molecule has 0 bridgehead atoms. The van der Waals surface area contributed by atoms with Crippen molar-refractivity contribution in [1.82, 2.24) is 0 Å². The van der Waals surface area contributed by atoms with Gasteiger partial charge in [-0.05, 0) is 438 Å². The number of ketones is 2. The molecule has 0 aliphatic carbocycles. The number of Topliss-reactive ketones (excluding diaryl/α,β-unsaturated/α-hetero) is 2. The lowest BCUT2D eigenvalue weighted by Crippen LogP contribution is -2.16. The van der Waals surface area contributed by atoms with Gasteiger partial charge in [0.15, 0.2) is 23.0 Å². The number of carbonyl (C=O) groups excluding carboxylic acids is 3. The molecule has 1 unspecified atom stereocenters. The molecule has 1 saturated heterocycles. The molecule has 13 aromatic rings. The Balaban J connectivity index is 0.000000192. The third-order valence-corrected chi connectivity index (χ3v) is 27.4. The van der Waals surface area contributed by atoms with Gasteiger partial charge >= 0.3 is 7.82 Å². The number of halogens is 6. The summed E-state index contributed by atoms with van der Waals surface area (Å²) in [6, 6.07) is 65.0. The molecule has 746 valence electrons. The first kappa shape index (κ1) is 114. The van der Waals surface area contributed by atoms with Gasteiger partial charge in [-0.15, -0.1) is 0 Å². The summed E-state index contributed by atoms with van der Waals surface area (Å²) in [6.07, 6.45) is 1.82. The highest BCUT2D eigenvalue weighted by atomic mass is 127. The molecule has 14 rings (SSSR count). The van der Waals surface area contributed by atoms with E-state index in [1.807, 2.05) is 130 Å². The maximum Gasteiger partial charge on any atom is 0.530 e. The van der Waals surface area contributed by atoms with Crippen LogP contribution in [-0.4, -0.2) is 61.3 Å². The molecule has 0 radical (unpaired) electrons. The molecular weight excluding hydrogens is 2200 g/mol. The van der Waals surface area contributed by atoms with Gasteiger partial charge in [0.25, 0.3) is 0 Å². The van der Waals surface area contributed by atoms with Crippen LogP contribution < -0.4 is 33.5 Å². The standard InChI is InChI=1S/C27H31O6P.C21H26O3.C19H19Br2NO4.C19H24O.C16H16Cl2O2.C13H10I2O2/c1-17(2)24-16-22(9-10-25(24)28)31-27-19(4)14-23(15-20(27)5)32-34(29)30-12-11-26(33-34)21-8-6-7-18(3)13-21;1-13(2)19-10-17(6-7-21(19)23)11-20-14(3)8-18(9-15(20)4)24-12-16(5)22;1-10(2)14-9-13(4-5-17(14)24)26-19-15(20)7-12(8-16(19)21)22-18(25)6-11(3)23;1-12(2)17-10-16(6-7-19(17)20)11-18-14(4)8-13(3)9-15(18)5;1-9(2)12-8-11(4-5-15(12)19)20-16-13(17)6-10(3)7-14(16)18;1-8-6-11(14)13(12(15)7-8)17-10-4-2-9(16)3-5-10/h6-10,13-17,26,28H,11-12H2,1-5H3;6-10,13,23H,11-12H2,1-5H3;4-5,7-10,24H,6H2,1-3H3,(H,22,25);6-10,12,20H,11H2,1-5H3;4-9,19H,1-3H3;2-7,16H,1H3/t26-,34?;;;;;/m0...../s1. The van der Waals surface area contributed by atoms with E-state index >= 15 is 0 Å². The first-order valence-corrected chi connectivity index (χ1v) is 52.3. The molecule has 1 aliphatic heterocycles. The molecule has 0 aromatic heterocycles. The lowest BCUT2D eigenvalue weighted by Gasteiger charge is -2.29. The third kappa shape index (κ3) is 34.0. The van der Waals surface area contributed by atoms with Crippen LogP contribution >= 0.6 is 108 Å². The highest BCUT2D eigenvalue weighted by Gasteiger charge is 2.38. The number of aryl methyl sites for hydroxylation is 10. The summed E-state index contributed by atoms with van der Waals surface area (Å²) in [6.45, 7) is 44.1. The van der Waals surface area contributed by atoms with Crippen molar-refractivity contribution in [2.75, 3.05) is 18.5 Å². The fraction of sp³-hybridized carbons (Fsp3) is 0.296. The number of phosphoric ester groups is 1. The SMILES string of the molecule is CC(=O)CC(=O)Nc1cc(Br)c(Oc2ccc(O)c(C(C)C)c2)c(Br)c1.CC(=O)COc1cc(C)c(Cc2ccc(O)c(C(C)C)c2)c(C)c1.Cc1cc(C)c(Cc2ccc(O)c(C(C)C)c2)c(C)c1.Cc1cc(Cl)c(Oc2ccc(O)c(C(C)C)c2)c(Cl)c1.Cc1cc(I)c(Oc2ccc(O)cc2)c(I)c1.Cc1cccc([C@@H]2CCOP(=O)(Oc3cc(C)c(Oc4ccc(O)c(C(C)C)c4)c(C)c3)O2)c1. The van der Waals surface area contributed by atoms with Gasteiger partial charge < -0.3 is 64.2 Å². The number of rotatable bonds is 26. The summed E-state index contributed by atoms with van der Waals surface area (Å²) >= 11 is 23.7. The van der Waals surface area contributed by atoms with E-state index in [0.29, 0.717) is 88.8 Å². The van der Waals surface area contributed by atoms with Gasteiger partial charge in [0.2, 0.25) is 5.91 Å². The smallest absolute Gasteiger partial charge is 0.508 e. The third-order valence-electron chi connectivity index (χ3n) is 22.6. The number of ether oxygens (including phenoxy) is 5. The summed E-state index contributed by atoms with van der Waals surface area (Å²) in [4.78, 5) is 33.8. The Labute approximate surface area is 884 Å². The highest BCUT2D eigenvalue weighted by molar-refractivity contribution is 14.1. The number of aromatic hydroxyl groups is 6. The topological polar surface area (TPSA) is 276 Å². The molecule has 1 heterocycles. The van der Waals surface area contributed by atoms with E-state index in [0.717, 1.165) is 104 Å². The average Bonchev–Trinajstić information content (AvgIpc) is 0.797. The zero-order chi connectivity index (χ0) is 104. The van der Waals surface area contributed by atoms with Crippen molar-refractivity contribution in [3.63, 3.8) is 0 Å². The van der Waals surface area contributed by atoms with Crippen molar-refractivity contribution in [2.24, 2.45) is 0 Å². The second-order valence-corrected chi connectivity index (χ2v) is 43.1. The monoisotopic (exact) mass is 2320 g/mol. The van der Waals surface area contributed by atoms with Crippen molar-refractivity contribution in [3.8, 4) is 92.0 Å². The fourth-order valence-corrected chi connectivity index (χ4v) is 21.3. The van der Waals surface area contributed by atoms with Gasteiger partial charge in [0.05, 0.1) is 45.3 Å². The highest BCUT2D eigenvalue weighted by Crippen LogP contribution is 2.58. The fourth-order valence-electron chi connectivity index (χ4n) is 15.6. The molecular formula is C115H126Br2Cl2I2NO18P. The largest absolute Gasteiger partial charge is 0.530 e. The van der Waals surface area contributed by atoms with Crippen LogP contribution in [0.3, 0.4) is 0 Å². The molecule has 7 N–H and O–H groups in total. The molecule has 141 heavy (non-hydrogen) atoms. The molecule has 19 nitrogen and oxygen atoms in total. The Hall–Kier alpha value is -10.6. The number of hydrogen-bond donors (Lipinski definition) is 7. The Morgan fingerprint density at radius 3 is 1.23 bits per heavy atom. The zero-order valence-corrected chi connectivity index (χ0v) is 93.6. The molecule has 0 saturated carbocycles. The summed E-state index contributed by atoms with van der Waals surface area (Å²) in [7, 11) is -3.79. The number of phenols is 6. The van der Waals surface area contributed by atoms with Crippen LogP contribution in [-0.2, 0) is 40.8 Å². The number of phosphoric acid groups is 1. The van der Waals surface area contributed by atoms with Crippen LogP contribution in [0.2, 0.25) is 10.0 Å². The predicted octanol–water partition coefficient (Wildman–Crippen LogP) is 34.0. The molecule has 2 atom stereocenters. The first-order valence-electron chi connectivity index (χ1n) is 46.3. The van der Waals surface area contributed by atoms with Crippen LogP contribution in [0.4, 0.5) is 5.69 Å². The second-order valence-electron chi connectivity index (χ2n) is 36.7. The van der Waals surface area contributed by atoms with Crippen LogP contribution in [0.15, 0.2) is 221 Å². The van der Waals surface area contributed by atoms with Crippen LogP contribution in [0.5, 0.6) is 92.0 Å². The van der Waals surface area contributed by atoms with Crippen molar-refractivity contribution < 1.29 is 86.8 Å². The minimum absolute atomic E-state index is 0.0136. The number of hydrogen-bond acceptors (Lipinski definition) is 18. The van der Waals surface area contributed by atoms with E-state index in [4.69, 9.17) is 60.5 Å². The van der Waals surface area contributed by atoms with Crippen LogP contribution in [0, 0.1) is 76.4 Å². The van der Waals surface area contributed by atoms with Gasteiger partial charge in [-0.1, -0.05) is 164 Å². The van der Waals surface area contributed by atoms with Gasteiger partial charge in [-0.25, -0.2) is 4.57 Å². The van der Waals surface area contributed by atoms with Crippen molar-refractivity contribution in [2.45, 2.75) is 214 Å². The van der Waals surface area contributed by atoms with Crippen LogP contribution in [0.25, 0.3) is 0 Å². The lowest BCUT2D eigenvalue weighted by atomic mass is 9.92. The minimum Gasteiger partial charge on any atom is -0.508 e. The first-order chi connectivity index (χ1) is 66.4. The van der Waals surface area contributed by atoms with E-state index in [1.54, 1.807) is 115 Å². The molecule has 0 spiro atoms. The molecule has 1 amide bonds. The van der Waals surface area contributed by atoms with Crippen molar-refractivity contribution in [1.29, 1.82) is 0 Å². The number of anilines is 1. The number of benzene rings is 13. The van der Waals surface area contributed by atoms with Gasteiger partial charge in [-0.3, -0.25) is 23.4 Å². The maximum absolute atomic E-state index is 13.3. The van der Waals surface area contributed by atoms with Crippen LogP contribution in [0.1, 0.15) is 243 Å². The Bertz CT molecular complexity index is 6410. The van der Waals surface area contributed by atoms with E-state index in [1.165, 1.54) is 58.4 Å². The normalized spacial score (nSPS) is 13.1. The summed E-state index contributed by atoms with van der Waals surface area (Å²) < 4.78 is 63.0. The predicted molar refractivity (Wildman–Crippen MR) is 591 cm³/mol. The number of amides is 1. The number of phenolic OH excluding ortho intramolecular Hbond substituents is 6. The summed E-state index contributed by atoms with van der Waals surface area (Å²) in [5, 5.41) is 62.5. The molecule has 1 fully saturated rings. The zero-order valence-electron chi connectivity index (χ0n) is 83.7. The Morgan fingerprint density at radius 1 is 0.418 bits per heavy atom. The maximum atomic E-state index is 13.3. The van der Waals surface area contributed by atoms with Crippen molar-refractivity contribution >= 4 is 131 Å². The van der Waals surface area contributed by atoms with E-state index in [2.05, 4.69) is 188 Å². The molecule has 13 aromatic carbocycles. The van der Waals surface area contributed by atoms with E-state index in [9.17, 15) is 49.6 Å². The van der Waals surface area contributed by atoms with Crippen molar-refractivity contribution in [3.05, 3.63) is 350 Å². The Morgan fingerprint density at radius 2 is 0.801 bits per heavy atom. The van der Waals surface area contributed by atoms with E-state index in [-0.39, 0.29) is 89.9 Å². The van der Waals surface area contributed by atoms with Gasteiger partial charge in [0, 0.05) is 28.8 Å². The minimum atomic E-state index is -3.79. The van der Waals surface area contributed by atoms with E-state index < -0.39 is 7.82 Å². The lowest BCUT2D eigenvalue weighted by molar-refractivity contribution is -0.124. The summed E-state index contributed by atoms with van der Waals surface area (Å²) in [5.74, 6) is 8.50. The quantitative estimate of drug-likeness (QED) is 0.0151.